The SMILES string of the molecule is Cc1cc(-c2ncc(NCc3ccc(C)c(OCC(N)=O)c3)cc2-c2ccc3ncsc3c2)ccc1F.Cc1cc(-c2ncc(NCc3ccc(N4CCOCC4)cc3)cc2-c2ccc3ncsc3c2)ccc1F.Cc1cc(CNc2cnc(-c3ccc(F)c(C)c3)c(-c3ccc4ncsc4c3)c2)ccc1O. The summed E-state index contributed by atoms with van der Waals surface area (Å²) in [6.45, 7) is 14.2. The number of aryl methyl sites for hydroxylation is 5. The quantitative estimate of drug-likeness (QED) is 0.0512. The maximum Gasteiger partial charge on any atom is 0.255 e. The lowest BCUT2D eigenvalue weighted by Gasteiger charge is -2.28. The number of aromatic nitrogens is 6. The van der Waals surface area contributed by atoms with Crippen LogP contribution in [0, 0.1) is 52.1 Å². The van der Waals surface area contributed by atoms with Gasteiger partial charge >= 0.3 is 0 Å². The number of halogens is 3. The number of carbonyl (C=O) groups excluding carboxylic acids is 1. The Morgan fingerprint density at radius 3 is 1.25 bits per heavy atom. The van der Waals surface area contributed by atoms with Gasteiger partial charge in [-0.25, -0.2) is 28.1 Å². The molecule has 1 fully saturated rings. The zero-order valence-corrected chi connectivity index (χ0v) is 61.7. The molecule has 7 heterocycles. The molecule has 0 saturated carbocycles. The van der Waals surface area contributed by atoms with Crippen LogP contribution in [0.15, 0.2) is 223 Å². The lowest BCUT2D eigenvalue weighted by molar-refractivity contribution is -0.119. The average Bonchev–Trinajstić information content (AvgIpc) is 1.69. The summed E-state index contributed by atoms with van der Waals surface area (Å²) in [4.78, 5) is 41.0. The van der Waals surface area contributed by atoms with Crippen LogP contribution in [0.5, 0.6) is 11.5 Å². The van der Waals surface area contributed by atoms with E-state index in [0.29, 0.717) is 47.8 Å². The molecule has 0 bridgehead atoms. The van der Waals surface area contributed by atoms with Crippen LogP contribution < -0.4 is 31.3 Å². The Kier molecular flexibility index (Phi) is 22.0. The molecule has 1 aliphatic rings. The number of pyridine rings is 3. The Bertz CT molecular complexity index is 5750. The molecule has 0 atom stereocenters. The summed E-state index contributed by atoms with van der Waals surface area (Å²) >= 11 is 4.80. The summed E-state index contributed by atoms with van der Waals surface area (Å²) in [5, 5.41) is 20.2. The minimum Gasteiger partial charge on any atom is -0.508 e. The predicted molar refractivity (Wildman–Crippen MR) is 429 cm³/mol. The number of benzene rings is 9. The van der Waals surface area contributed by atoms with E-state index in [4.69, 9.17) is 30.2 Å². The number of primary amides is 1. The Morgan fingerprint density at radius 1 is 0.449 bits per heavy atom. The molecule has 15 nitrogen and oxygen atoms in total. The van der Waals surface area contributed by atoms with Crippen molar-refractivity contribution in [2.75, 3.05) is 53.8 Å². The van der Waals surface area contributed by atoms with E-state index >= 15 is 0 Å². The number of rotatable bonds is 19. The Hall–Kier alpha value is -11.9. The van der Waals surface area contributed by atoms with Crippen LogP contribution in [-0.2, 0) is 29.2 Å². The third-order valence-electron chi connectivity index (χ3n) is 18.6. The lowest BCUT2D eigenvalue weighted by Crippen LogP contribution is -2.36. The third kappa shape index (κ3) is 17.3. The summed E-state index contributed by atoms with van der Waals surface area (Å²) in [5.41, 5.74) is 35.3. The predicted octanol–water partition coefficient (Wildman–Crippen LogP) is 20.3. The van der Waals surface area contributed by atoms with Crippen LogP contribution in [0.2, 0.25) is 0 Å². The molecule has 9 aromatic carbocycles. The fourth-order valence-electron chi connectivity index (χ4n) is 12.6. The summed E-state index contributed by atoms with van der Waals surface area (Å²) in [6.07, 6.45) is 5.43. The minimum absolute atomic E-state index is 0.167. The van der Waals surface area contributed by atoms with Gasteiger partial charge < -0.3 is 41.2 Å². The van der Waals surface area contributed by atoms with Crippen molar-refractivity contribution in [1.82, 2.24) is 29.9 Å². The van der Waals surface area contributed by atoms with E-state index in [1.54, 1.807) is 91.4 Å². The number of nitrogens with one attached hydrogen (secondary N) is 3. The fraction of sp³-hybridized carbons (Fsp3) is 0.151. The maximum absolute atomic E-state index is 14.0. The summed E-state index contributed by atoms with van der Waals surface area (Å²) in [5.74, 6) is -0.290. The average molecular weight is 1480 g/mol. The first-order valence-electron chi connectivity index (χ1n) is 34.7. The largest absolute Gasteiger partial charge is 0.508 e. The minimum atomic E-state index is -0.519. The van der Waals surface area contributed by atoms with Gasteiger partial charge in [-0.1, -0.05) is 54.6 Å². The van der Waals surface area contributed by atoms with Crippen molar-refractivity contribution in [3.05, 3.63) is 285 Å². The van der Waals surface area contributed by atoms with Gasteiger partial charge in [-0.15, -0.1) is 34.0 Å². The van der Waals surface area contributed by atoms with E-state index in [1.807, 2.05) is 115 Å². The number of nitrogens with zero attached hydrogens (tertiary/aromatic N) is 7. The van der Waals surface area contributed by atoms with Gasteiger partial charge in [0.05, 0.1) is 113 Å². The van der Waals surface area contributed by atoms with Gasteiger partial charge in [0.2, 0.25) is 0 Å². The van der Waals surface area contributed by atoms with Crippen molar-refractivity contribution >= 4 is 93.3 Å². The van der Waals surface area contributed by atoms with E-state index in [2.05, 4.69) is 103 Å². The molecule has 0 spiro atoms. The summed E-state index contributed by atoms with van der Waals surface area (Å²) in [6, 6.07) is 60.3. The van der Waals surface area contributed by atoms with Crippen molar-refractivity contribution < 1.29 is 32.5 Å². The maximum atomic E-state index is 14.0. The number of hydrogen-bond acceptors (Lipinski definition) is 17. The Balaban J connectivity index is 0.000000135. The van der Waals surface area contributed by atoms with E-state index in [1.165, 1.54) is 29.4 Å². The number of anilines is 4. The van der Waals surface area contributed by atoms with Crippen molar-refractivity contribution in [1.29, 1.82) is 0 Å². The highest BCUT2D eigenvalue weighted by atomic mass is 32.1. The molecule has 1 amide bonds. The lowest BCUT2D eigenvalue weighted by atomic mass is 9.97. The number of thiazole rings is 3. The normalized spacial score (nSPS) is 12.0. The monoisotopic (exact) mass is 1480 g/mol. The van der Waals surface area contributed by atoms with Gasteiger partial charge in [-0.3, -0.25) is 19.7 Å². The molecule has 1 aliphatic heterocycles. The van der Waals surface area contributed by atoms with Crippen LogP contribution in [0.25, 0.3) is 97.8 Å². The number of ether oxygens (including phenoxy) is 2. The van der Waals surface area contributed by atoms with Crippen molar-refractivity contribution in [2.24, 2.45) is 5.73 Å². The van der Waals surface area contributed by atoms with Crippen LogP contribution in [0.1, 0.15) is 44.5 Å². The number of phenols is 1. The van der Waals surface area contributed by atoms with E-state index in [0.717, 1.165) is 163 Å². The van der Waals surface area contributed by atoms with Gasteiger partial charge in [0.15, 0.2) is 6.61 Å². The second-order valence-corrected chi connectivity index (χ2v) is 28.8. The van der Waals surface area contributed by atoms with Gasteiger partial charge in [-0.2, -0.15) is 0 Å². The van der Waals surface area contributed by atoms with Gasteiger partial charge in [0.25, 0.3) is 5.91 Å². The standard InChI is InChI=1S/C30H27FN4OS.C29H25FN4O2S.C27H22FN3OS/c1-20-14-23(4-8-27(20)31)30-26(22-5-9-28-29(15-22)37-19-34-28)16-24(18-33-30)32-17-21-2-6-25(7-3-21)35-10-12-36-13-11-35;1-17-3-4-19(10-26(17)36-15-28(31)35)13-32-22-12-23(20-6-8-25-27(11-20)37-16-34-25)29(33-14-22)21-5-7-24(30)18(2)9-21;1-16-10-20(4-6-23(16)28)27-22(19-5-7-24-26(11-19)33-15-31-24)12-21(14-30-27)29-13-18-3-8-25(32)17(2)9-18/h2-9,14-16,18-19,32H,10-13,17H2,1H3;3-12,14,16,32H,13,15H2,1-2H3,(H2,31,35);3-12,14-15,29,32H,13H2,1-2H3. The zero-order valence-electron chi connectivity index (χ0n) is 59.3. The van der Waals surface area contributed by atoms with Gasteiger partial charge in [0.1, 0.15) is 29.0 Å². The number of nitrogens with two attached hydrogens (primary N) is 1. The first-order valence-corrected chi connectivity index (χ1v) is 37.4. The third-order valence-corrected chi connectivity index (χ3v) is 20.9. The number of carbonyl (C=O) groups is 1. The van der Waals surface area contributed by atoms with Crippen LogP contribution in [-0.4, -0.2) is 73.8 Å². The highest BCUT2D eigenvalue weighted by molar-refractivity contribution is 7.17. The molecule has 15 aromatic rings. The topological polar surface area (TPSA) is 198 Å². The van der Waals surface area contributed by atoms with E-state index in [9.17, 15) is 23.1 Å². The number of aromatic hydroxyl groups is 1. The highest BCUT2D eigenvalue weighted by Crippen LogP contribution is 2.40. The van der Waals surface area contributed by atoms with Crippen molar-refractivity contribution in [3.8, 4) is 78.7 Å². The van der Waals surface area contributed by atoms with Crippen LogP contribution >= 0.6 is 34.0 Å². The molecule has 0 radical (unpaired) electrons. The fourth-order valence-corrected chi connectivity index (χ4v) is 14.8. The second kappa shape index (κ2) is 32.6. The Labute approximate surface area is 629 Å². The van der Waals surface area contributed by atoms with Crippen LogP contribution in [0.3, 0.4) is 0 Å². The Morgan fingerprint density at radius 2 is 0.841 bits per heavy atom. The van der Waals surface area contributed by atoms with Crippen molar-refractivity contribution in [2.45, 2.75) is 54.3 Å². The number of amides is 1. The van der Waals surface area contributed by atoms with Crippen molar-refractivity contribution in [3.63, 3.8) is 0 Å². The van der Waals surface area contributed by atoms with E-state index < -0.39 is 5.91 Å². The molecule has 1 saturated heterocycles. The van der Waals surface area contributed by atoms with E-state index in [-0.39, 0.29) is 24.1 Å². The number of morpholine rings is 1. The highest BCUT2D eigenvalue weighted by Gasteiger charge is 2.19. The molecule has 0 aliphatic carbocycles. The van der Waals surface area contributed by atoms with Crippen LogP contribution in [0.4, 0.5) is 35.9 Å². The molecule has 0 unspecified atom stereocenters. The molecule has 107 heavy (non-hydrogen) atoms. The molecular formula is C86H74F3N11O4S3. The molecule has 21 heteroatoms. The molecule has 6 N–H and O–H groups in total. The molecule has 6 aromatic heterocycles. The summed E-state index contributed by atoms with van der Waals surface area (Å²) in [7, 11) is 0. The second-order valence-electron chi connectivity index (χ2n) is 26.2. The first kappa shape index (κ1) is 72.1. The molecular weight excluding hydrogens is 1400 g/mol. The first-order chi connectivity index (χ1) is 52.0. The number of fused-ring (bicyclic) bond motifs is 3. The zero-order chi connectivity index (χ0) is 74.1. The number of phenolic OH excluding ortho intramolecular Hbond substituents is 1. The van der Waals surface area contributed by atoms with Gasteiger partial charge in [-0.05, 0) is 229 Å². The smallest absolute Gasteiger partial charge is 0.255 e. The number of hydrogen-bond donors (Lipinski definition) is 5. The summed E-state index contributed by atoms with van der Waals surface area (Å²) < 4.78 is 56.2. The molecule has 536 valence electrons. The van der Waals surface area contributed by atoms with Gasteiger partial charge in [0, 0.05) is 71.8 Å². The molecule has 16 rings (SSSR count).